The summed E-state index contributed by atoms with van der Waals surface area (Å²) in [7, 11) is 2.05. The van der Waals surface area contributed by atoms with Crippen LogP contribution in [0.3, 0.4) is 0 Å². The summed E-state index contributed by atoms with van der Waals surface area (Å²) in [6.07, 6.45) is 20.0. The van der Waals surface area contributed by atoms with Crippen molar-refractivity contribution in [2.24, 2.45) is 0 Å². The number of likely N-dealkylation sites (N-methyl/N-ethyl adjacent to an activating group) is 1. The molecule has 0 amide bonds. The molecule has 144 valence electrons. The highest BCUT2D eigenvalue weighted by Crippen LogP contribution is 2.22. The first kappa shape index (κ1) is 21.9. The number of morpholine rings is 1. The van der Waals surface area contributed by atoms with Gasteiger partial charge in [-0.15, -0.1) is 0 Å². The van der Waals surface area contributed by atoms with Crippen molar-refractivity contribution in [3.05, 3.63) is 0 Å². The second-order valence-electron chi connectivity index (χ2n) is 7.88. The molecule has 1 unspecified atom stereocenters. The molecule has 1 rings (SSSR count). The maximum Gasteiger partial charge on any atom is 0.178 e. The van der Waals surface area contributed by atoms with E-state index in [0.29, 0.717) is 13.2 Å². The van der Waals surface area contributed by atoms with Crippen molar-refractivity contribution < 1.29 is 9.84 Å². The molecule has 1 fully saturated rings. The van der Waals surface area contributed by atoms with Gasteiger partial charge in [0.15, 0.2) is 5.79 Å². The van der Waals surface area contributed by atoms with E-state index in [9.17, 15) is 5.11 Å². The van der Waals surface area contributed by atoms with Gasteiger partial charge in [0.25, 0.3) is 0 Å². The van der Waals surface area contributed by atoms with Crippen molar-refractivity contribution >= 4 is 0 Å². The van der Waals surface area contributed by atoms with E-state index in [1.165, 1.54) is 83.5 Å². The summed E-state index contributed by atoms with van der Waals surface area (Å²) in [6, 6.07) is 0. The molecule has 0 radical (unpaired) electrons. The number of aliphatic hydroxyl groups is 1. The first-order chi connectivity index (χ1) is 11.7. The molecular formula is C21H43NO2. The Kier molecular flexibility index (Phi) is 12.9. The number of unbranched alkanes of at least 4 members (excludes halogenated alkanes) is 13. The zero-order chi connectivity index (χ0) is 17.5. The van der Waals surface area contributed by atoms with Gasteiger partial charge >= 0.3 is 0 Å². The van der Waals surface area contributed by atoms with Crippen LogP contribution in [0.1, 0.15) is 103 Å². The fraction of sp³-hybridized carbons (Fsp3) is 1.00. The van der Waals surface area contributed by atoms with E-state index >= 15 is 0 Å². The van der Waals surface area contributed by atoms with E-state index in [0.717, 1.165) is 19.4 Å². The molecule has 3 heteroatoms. The van der Waals surface area contributed by atoms with Crippen LogP contribution in [-0.4, -0.2) is 42.5 Å². The minimum absolute atomic E-state index is 0.658. The third-order valence-electron chi connectivity index (χ3n) is 5.28. The van der Waals surface area contributed by atoms with Crippen LogP contribution >= 0.6 is 0 Å². The Bertz CT molecular complexity index is 285. The molecule has 1 N–H and O–H groups in total. The molecule has 0 aromatic rings. The molecular weight excluding hydrogens is 298 g/mol. The van der Waals surface area contributed by atoms with Crippen LogP contribution in [0.2, 0.25) is 0 Å². The van der Waals surface area contributed by atoms with Crippen molar-refractivity contribution in [3.63, 3.8) is 0 Å². The summed E-state index contributed by atoms with van der Waals surface area (Å²) in [5.74, 6) is -0.885. The molecule has 0 aromatic heterocycles. The lowest BCUT2D eigenvalue weighted by Crippen LogP contribution is -2.50. The third kappa shape index (κ3) is 11.4. The average molecular weight is 342 g/mol. The normalized spacial score (nSPS) is 22.1. The summed E-state index contributed by atoms with van der Waals surface area (Å²) >= 11 is 0. The van der Waals surface area contributed by atoms with Crippen LogP contribution in [0.15, 0.2) is 0 Å². The highest BCUT2D eigenvalue weighted by molar-refractivity contribution is 4.76. The first-order valence-corrected chi connectivity index (χ1v) is 10.7. The molecule has 1 atom stereocenters. The van der Waals surface area contributed by atoms with Gasteiger partial charge < -0.3 is 9.84 Å². The van der Waals surface area contributed by atoms with Crippen LogP contribution in [0, 0.1) is 0 Å². The second kappa shape index (κ2) is 14.1. The Morgan fingerprint density at radius 3 is 1.71 bits per heavy atom. The van der Waals surface area contributed by atoms with Gasteiger partial charge in [-0.05, 0) is 13.5 Å². The molecule has 0 spiro atoms. The zero-order valence-corrected chi connectivity index (χ0v) is 16.5. The van der Waals surface area contributed by atoms with Crippen molar-refractivity contribution in [2.75, 3.05) is 26.7 Å². The van der Waals surface area contributed by atoms with Gasteiger partial charge in [-0.3, -0.25) is 4.90 Å². The molecule has 1 aliphatic heterocycles. The quantitative estimate of drug-likeness (QED) is 0.399. The predicted octanol–water partition coefficient (Wildman–Crippen LogP) is 5.51. The fourth-order valence-corrected chi connectivity index (χ4v) is 3.68. The monoisotopic (exact) mass is 341 g/mol. The number of β-amino-alcohol motifs (C(OH)–C–C–N with tert-alkyl or cyclic N) is 1. The van der Waals surface area contributed by atoms with E-state index in [-0.39, 0.29) is 0 Å². The number of hydrogen-bond donors (Lipinski definition) is 1. The molecule has 1 heterocycles. The van der Waals surface area contributed by atoms with Crippen LogP contribution in [0.5, 0.6) is 0 Å². The number of nitrogens with zero attached hydrogens (tertiary/aromatic N) is 1. The molecule has 1 aliphatic rings. The van der Waals surface area contributed by atoms with Crippen molar-refractivity contribution in [3.8, 4) is 0 Å². The maximum absolute atomic E-state index is 10.4. The summed E-state index contributed by atoms with van der Waals surface area (Å²) in [5.41, 5.74) is 0. The van der Waals surface area contributed by atoms with Gasteiger partial charge in [0.05, 0.1) is 13.2 Å². The summed E-state index contributed by atoms with van der Waals surface area (Å²) in [6.45, 7) is 4.53. The molecule has 0 aliphatic carbocycles. The predicted molar refractivity (Wildman–Crippen MR) is 103 cm³/mol. The van der Waals surface area contributed by atoms with Crippen LogP contribution in [0.4, 0.5) is 0 Å². The third-order valence-corrected chi connectivity index (χ3v) is 5.28. The first-order valence-electron chi connectivity index (χ1n) is 10.7. The van der Waals surface area contributed by atoms with Gasteiger partial charge in [0.2, 0.25) is 0 Å². The lowest BCUT2D eigenvalue weighted by molar-refractivity contribution is -0.239. The fourth-order valence-electron chi connectivity index (χ4n) is 3.68. The molecule has 0 aromatic carbocycles. The Morgan fingerprint density at radius 1 is 0.792 bits per heavy atom. The van der Waals surface area contributed by atoms with Crippen molar-refractivity contribution in [1.29, 1.82) is 0 Å². The topological polar surface area (TPSA) is 32.7 Å². The summed E-state index contributed by atoms with van der Waals surface area (Å²) in [5, 5.41) is 10.4. The average Bonchev–Trinajstić information content (AvgIpc) is 2.55. The Labute approximate surface area is 151 Å². The standard InChI is InChI=1S/C21H43NO2/c1-3-4-5-6-7-8-9-10-11-12-13-14-15-16-17-21(23)20-22(2)18-19-24-21/h23H,3-20H2,1-2H3. The summed E-state index contributed by atoms with van der Waals surface area (Å²) in [4.78, 5) is 2.16. The van der Waals surface area contributed by atoms with Gasteiger partial charge in [-0.2, -0.15) is 0 Å². The smallest absolute Gasteiger partial charge is 0.178 e. The molecule has 0 bridgehead atoms. The Balaban J connectivity index is 1.79. The van der Waals surface area contributed by atoms with Gasteiger partial charge in [-0.25, -0.2) is 0 Å². The molecule has 0 saturated carbocycles. The molecule has 1 saturated heterocycles. The highest BCUT2D eigenvalue weighted by atomic mass is 16.6. The van der Waals surface area contributed by atoms with E-state index < -0.39 is 5.79 Å². The summed E-state index contributed by atoms with van der Waals surface area (Å²) < 4.78 is 5.56. The number of ether oxygens (including phenoxy) is 1. The molecule has 3 nitrogen and oxygen atoms in total. The highest BCUT2D eigenvalue weighted by Gasteiger charge is 2.32. The van der Waals surface area contributed by atoms with Crippen LogP contribution in [-0.2, 0) is 4.74 Å². The SMILES string of the molecule is CCCCCCCCCCCCCCCCC1(O)CN(C)CCO1. The number of hydrogen-bond acceptors (Lipinski definition) is 3. The molecule has 24 heavy (non-hydrogen) atoms. The largest absolute Gasteiger partial charge is 0.364 e. The zero-order valence-electron chi connectivity index (χ0n) is 16.5. The minimum Gasteiger partial charge on any atom is -0.364 e. The van der Waals surface area contributed by atoms with E-state index in [1.807, 2.05) is 0 Å². The minimum atomic E-state index is -0.885. The van der Waals surface area contributed by atoms with E-state index in [4.69, 9.17) is 4.74 Å². The van der Waals surface area contributed by atoms with Crippen LogP contribution < -0.4 is 0 Å². The second-order valence-corrected chi connectivity index (χ2v) is 7.88. The van der Waals surface area contributed by atoms with Crippen LogP contribution in [0.25, 0.3) is 0 Å². The van der Waals surface area contributed by atoms with E-state index in [2.05, 4.69) is 18.9 Å². The maximum atomic E-state index is 10.4. The van der Waals surface area contributed by atoms with Crippen molar-refractivity contribution in [1.82, 2.24) is 4.90 Å². The Hall–Kier alpha value is -0.120. The van der Waals surface area contributed by atoms with E-state index in [1.54, 1.807) is 0 Å². The van der Waals surface area contributed by atoms with Crippen molar-refractivity contribution in [2.45, 2.75) is 109 Å². The van der Waals surface area contributed by atoms with Gasteiger partial charge in [0, 0.05) is 13.0 Å². The van der Waals surface area contributed by atoms with Gasteiger partial charge in [0.1, 0.15) is 0 Å². The Morgan fingerprint density at radius 2 is 1.25 bits per heavy atom. The lowest BCUT2D eigenvalue weighted by Gasteiger charge is -2.37. The van der Waals surface area contributed by atoms with Gasteiger partial charge in [-0.1, -0.05) is 90.4 Å². The number of rotatable bonds is 15. The lowest BCUT2D eigenvalue weighted by atomic mass is 10.0.